The summed E-state index contributed by atoms with van der Waals surface area (Å²) in [6.07, 6.45) is 3.56. The van der Waals surface area contributed by atoms with E-state index in [0.717, 1.165) is 33.6 Å². The van der Waals surface area contributed by atoms with E-state index in [9.17, 15) is 0 Å². The van der Waals surface area contributed by atoms with Gasteiger partial charge in [-0.1, -0.05) is 35.3 Å². The van der Waals surface area contributed by atoms with Crippen molar-refractivity contribution in [3.05, 3.63) is 70.2 Å². The van der Waals surface area contributed by atoms with Crippen molar-refractivity contribution in [1.29, 1.82) is 0 Å². The van der Waals surface area contributed by atoms with Gasteiger partial charge >= 0.3 is 0 Å². The summed E-state index contributed by atoms with van der Waals surface area (Å²) in [5.41, 5.74) is 5.95. The smallest absolute Gasteiger partial charge is 0.0671 e. The number of benzene rings is 1. The highest BCUT2D eigenvalue weighted by Crippen LogP contribution is 2.37. The Morgan fingerprint density at radius 1 is 0.818 bits per heavy atom. The van der Waals surface area contributed by atoms with Gasteiger partial charge in [0.2, 0.25) is 0 Å². The number of rotatable bonds is 2. The van der Waals surface area contributed by atoms with Gasteiger partial charge in [0.25, 0.3) is 0 Å². The van der Waals surface area contributed by atoms with Crippen LogP contribution in [0.25, 0.3) is 22.3 Å². The highest BCUT2D eigenvalue weighted by molar-refractivity contribution is 6.43. The topological polar surface area (TPSA) is 25.8 Å². The van der Waals surface area contributed by atoms with Crippen molar-refractivity contribution in [2.24, 2.45) is 0 Å². The van der Waals surface area contributed by atoms with E-state index in [2.05, 4.69) is 16.0 Å². The molecule has 0 aliphatic heterocycles. The van der Waals surface area contributed by atoms with E-state index in [0.29, 0.717) is 10.0 Å². The molecule has 2 nitrogen and oxygen atoms in total. The lowest BCUT2D eigenvalue weighted by atomic mass is 9.97. The van der Waals surface area contributed by atoms with Crippen LogP contribution in [0.2, 0.25) is 10.0 Å². The van der Waals surface area contributed by atoms with Gasteiger partial charge in [0.15, 0.2) is 0 Å². The molecule has 0 saturated carbocycles. The average Bonchev–Trinajstić information content (AvgIpc) is 2.52. The molecule has 0 N–H and O–H groups in total. The van der Waals surface area contributed by atoms with Crippen molar-refractivity contribution < 1.29 is 0 Å². The summed E-state index contributed by atoms with van der Waals surface area (Å²) >= 11 is 12.5. The largest absolute Gasteiger partial charge is 0.265 e. The fourth-order valence-electron chi connectivity index (χ4n) is 2.53. The molecule has 0 atom stereocenters. The molecule has 0 bridgehead atoms. The number of aromatic nitrogens is 2. The van der Waals surface area contributed by atoms with Crippen LogP contribution in [0, 0.1) is 13.8 Å². The minimum atomic E-state index is 0.546. The standard InChI is InChI=1S/C18H14Cl2N2/c1-11-15(13-6-8-21-9-7-13)10-16(12(2)22-11)14-4-3-5-17(19)18(14)20/h3-10H,1-2H3. The van der Waals surface area contributed by atoms with E-state index in [1.54, 1.807) is 18.5 Å². The summed E-state index contributed by atoms with van der Waals surface area (Å²) in [5, 5.41) is 1.10. The van der Waals surface area contributed by atoms with Gasteiger partial charge in [-0.2, -0.15) is 0 Å². The molecule has 0 unspecified atom stereocenters. The van der Waals surface area contributed by atoms with Gasteiger partial charge in [-0.25, -0.2) is 0 Å². The maximum atomic E-state index is 6.37. The number of hydrogen-bond donors (Lipinski definition) is 0. The van der Waals surface area contributed by atoms with Gasteiger partial charge in [-0.15, -0.1) is 0 Å². The first-order chi connectivity index (χ1) is 10.6. The van der Waals surface area contributed by atoms with E-state index in [-0.39, 0.29) is 0 Å². The first-order valence-corrected chi connectivity index (χ1v) is 7.66. The van der Waals surface area contributed by atoms with Crippen LogP contribution >= 0.6 is 23.2 Å². The molecule has 22 heavy (non-hydrogen) atoms. The second-order valence-electron chi connectivity index (χ2n) is 5.09. The van der Waals surface area contributed by atoms with Crippen LogP contribution in [0.1, 0.15) is 11.4 Å². The van der Waals surface area contributed by atoms with Gasteiger partial charge in [0.05, 0.1) is 10.0 Å². The monoisotopic (exact) mass is 328 g/mol. The number of halogens is 2. The third-order valence-electron chi connectivity index (χ3n) is 3.64. The zero-order valence-corrected chi connectivity index (χ0v) is 13.8. The predicted octanol–water partition coefficient (Wildman–Crippen LogP) is 5.73. The number of hydrogen-bond acceptors (Lipinski definition) is 2. The number of pyridine rings is 2. The molecule has 0 fully saturated rings. The zero-order chi connectivity index (χ0) is 15.7. The molecule has 1 aromatic carbocycles. The van der Waals surface area contributed by atoms with Crippen LogP contribution in [-0.2, 0) is 0 Å². The Kier molecular flexibility index (Phi) is 4.14. The molecule has 0 amide bonds. The van der Waals surface area contributed by atoms with E-state index in [1.165, 1.54) is 0 Å². The highest BCUT2D eigenvalue weighted by atomic mass is 35.5. The summed E-state index contributed by atoms with van der Waals surface area (Å²) in [7, 11) is 0. The third-order valence-corrected chi connectivity index (χ3v) is 4.46. The molecule has 4 heteroatoms. The molecule has 2 heterocycles. The SMILES string of the molecule is Cc1nc(C)c(-c2cccc(Cl)c2Cl)cc1-c1ccncc1. The highest BCUT2D eigenvalue weighted by Gasteiger charge is 2.13. The summed E-state index contributed by atoms with van der Waals surface area (Å²) in [5.74, 6) is 0. The molecule has 0 radical (unpaired) electrons. The van der Waals surface area contributed by atoms with Crippen LogP contribution in [-0.4, -0.2) is 9.97 Å². The van der Waals surface area contributed by atoms with Gasteiger partial charge in [-0.3, -0.25) is 9.97 Å². The number of nitrogens with zero attached hydrogens (tertiary/aromatic N) is 2. The average molecular weight is 329 g/mol. The predicted molar refractivity (Wildman–Crippen MR) is 92.4 cm³/mol. The normalized spacial score (nSPS) is 10.7. The molecule has 0 saturated heterocycles. The molecule has 2 aromatic heterocycles. The van der Waals surface area contributed by atoms with Crippen LogP contribution in [0.3, 0.4) is 0 Å². The maximum Gasteiger partial charge on any atom is 0.0671 e. The second-order valence-corrected chi connectivity index (χ2v) is 5.88. The molecule has 0 aliphatic carbocycles. The van der Waals surface area contributed by atoms with Gasteiger partial charge in [-0.05, 0) is 43.7 Å². The van der Waals surface area contributed by atoms with Crippen LogP contribution in [0.15, 0.2) is 48.8 Å². The minimum Gasteiger partial charge on any atom is -0.265 e. The first-order valence-electron chi connectivity index (χ1n) is 6.91. The quantitative estimate of drug-likeness (QED) is 0.599. The van der Waals surface area contributed by atoms with Crippen molar-refractivity contribution in [3.8, 4) is 22.3 Å². The summed E-state index contributed by atoms with van der Waals surface area (Å²) in [6.45, 7) is 3.99. The Labute approximate surface area is 139 Å². The Morgan fingerprint density at radius 2 is 1.50 bits per heavy atom. The summed E-state index contributed by atoms with van der Waals surface area (Å²) < 4.78 is 0. The first kappa shape index (κ1) is 15.0. The maximum absolute atomic E-state index is 6.37. The van der Waals surface area contributed by atoms with E-state index < -0.39 is 0 Å². The fourth-order valence-corrected chi connectivity index (χ4v) is 2.94. The Morgan fingerprint density at radius 3 is 2.23 bits per heavy atom. The van der Waals surface area contributed by atoms with Crippen molar-refractivity contribution in [2.75, 3.05) is 0 Å². The van der Waals surface area contributed by atoms with E-state index in [1.807, 2.05) is 38.1 Å². The van der Waals surface area contributed by atoms with Gasteiger partial charge in [0, 0.05) is 40.5 Å². The van der Waals surface area contributed by atoms with Crippen LogP contribution < -0.4 is 0 Å². The van der Waals surface area contributed by atoms with E-state index in [4.69, 9.17) is 23.2 Å². The second kappa shape index (κ2) is 6.07. The third kappa shape index (κ3) is 2.72. The van der Waals surface area contributed by atoms with Crippen molar-refractivity contribution >= 4 is 23.2 Å². The lowest BCUT2D eigenvalue weighted by molar-refractivity contribution is 1.13. The summed E-state index contributed by atoms with van der Waals surface area (Å²) in [6, 6.07) is 11.7. The Balaban J connectivity index is 2.23. The fraction of sp³-hybridized carbons (Fsp3) is 0.111. The van der Waals surface area contributed by atoms with Crippen molar-refractivity contribution in [1.82, 2.24) is 9.97 Å². The molecule has 0 spiro atoms. The van der Waals surface area contributed by atoms with Crippen LogP contribution in [0.4, 0.5) is 0 Å². The van der Waals surface area contributed by atoms with Crippen LogP contribution in [0.5, 0.6) is 0 Å². The minimum absolute atomic E-state index is 0.546. The molecule has 3 rings (SSSR count). The van der Waals surface area contributed by atoms with Gasteiger partial charge in [0.1, 0.15) is 0 Å². The van der Waals surface area contributed by atoms with E-state index >= 15 is 0 Å². The molecule has 0 aliphatic rings. The molecule has 3 aromatic rings. The van der Waals surface area contributed by atoms with Gasteiger partial charge < -0.3 is 0 Å². The van der Waals surface area contributed by atoms with Crippen molar-refractivity contribution in [2.45, 2.75) is 13.8 Å². The summed E-state index contributed by atoms with van der Waals surface area (Å²) in [4.78, 5) is 8.74. The Hall–Kier alpha value is -1.90. The molecular formula is C18H14Cl2N2. The van der Waals surface area contributed by atoms with Crippen molar-refractivity contribution in [3.63, 3.8) is 0 Å². The molecule has 110 valence electrons. The molecular weight excluding hydrogens is 315 g/mol. The Bertz CT molecular complexity index is 830. The number of aryl methyl sites for hydroxylation is 2. The zero-order valence-electron chi connectivity index (χ0n) is 12.3. The lowest BCUT2D eigenvalue weighted by Gasteiger charge is -2.13. The lowest BCUT2D eigenvalue weighted by Crippen LogP contribution is -1.95.